The van der Waals surface area contributed by atoms with E-state index in [9.17, 15) is 13.2 Å². The lowest BCUT2D eigenvalue weighted by molar-refractivity contribution is -0.136. The van der Waals surface area contributed by atoms with Crippen molar-refractivity contribution in [3.8, 4) is 0 Å². The molecule has 0 N–H and O–H groups in total. The van der Waals surface area contributed by atoms with E-state index in [1.165, 1.54) is 18.3 Å². The van der Waals surface area contributed by atoms with Crippen molar-refractivity contribution in [1.29, 1.82) is 0 Å². The average molecular weight is 285 g/mol. The van der Waals surface area contributed by atoms with Crippen LogP contribution in [-0.2, 0) is 6.18 Å². The van der Waals surface area contributed by atoms with E-state index in [4.69, 9.17) is 0 Å². The zero-order valence-corrected chi connectivity index (χ0v) is 12.9. The third-order valence-corrected chi connectivity index (χ3v) is 2.53. The normalized spacial score (nSPS) is 10.2. The maximum Gasteiger partial charge on any atom is 0.417 e. The van der Waals surface area contributed by atoms with Crippen LogP contribution in [0.1, 0.15) is 44.5 Å². The standard InChI is InChI=1S/C12H10F3N.2C2H6/c1-7-5-10-8(2)16-4-3-9(10)11(6-7)12(13,14)15;2*1-2/h3-6H,1-2H3;2*1-2H3. The summed E-state index contributed by atoms with van der Waals surface area (Å²) in [5.74, 6) is 0. The summed E-state index contributed by atoms with van der Waals surface area (Å²) in [6.07, 6.45) is -2.92. The lowest BCUT2D eigenvalue weighted by atomic mass is 10.0. The Labute approximate surface area is 118 Å². The molecule has 1 aromatic heterocycles. The lowest BCUT2D eigenvalue weighted by Crippen LogP contribution is -2.06. The van der Waals surface area contributed by atoms with E-state index < -0.39 is 11.7 Å². The van der Waals surface area contributed by atoms with Gasteiger partial charge < -0.3 is 0 Å². The molecule has 0 aliphatic carbocycles. The van der Waals surface area contributed by atoms with E-state index in [1.807, 2.05) is 27.7 Å². The molecule has 0 fully saturated rings. The second-order valence-corrected chi connectivity index (χ2v) is 3.80. The van der Waals surface area contributed by atoms with Crippen LogP contribution >= 0.6 is 0 Å². The van der Waals surface area contributed by atoms with Crippen LogP contribution in [0.25, 0.3) is 10.8 Å². The molecule has 4 heteroatoms. The van der Waals surface area contributed by atoms with Crippen LogP contribution < -0.4 is 0 Å². The number of hydrogen-bond donors (Lipinski definition) is 0. The molecule has 2 rings (SSSR count). The highest BCUT2D eigenvalue weighted by Gasteiger charge is 2.32. The number of fused-ring (bicyclic) bond motifs is 1. The van der Waals surface area contributed by atoms with E-state index >= 15 is 0 Å². The van der Waals surface area contributed by atoms with E-state index in [0.717, 1.165) is 0 Å². The van der Waals surface area contributed by atoms with Gasteiger partial charge in [0, 0.05) is 17.3 Å². The minimum absolute atomic E-state index is 0.214. The zero-order valence-electron chi connectivity index (χ0n) is 12.9. The van der Waals surface area contributed by atoms with Crippen molar-refractivity contribution >= 4 is 10.8 Å². The second kappa shape index (κ2) is 7.88. The summed E-state index contributed by atoms with van der Waals surface area (Å²) >= 11 is 0. The average Bonchev–Trinajstić information content (AvgIpc) is 2.42. The van der Waals surface area contributed by atoms with Crippen LogP contribution in [-0.4, -0.2) is 4.98 Å². The second-order valence-electron chi connectivity index (χ2n) is 3.80. The monoisotopic (exact) mass is 285 g/mol. The largest absolute Gasteiger partial charge is 0.417 e. The molecule has 0 spiro atoms. The fraction of sp³-hybridized carbons (Fsp3) is 0.438. The van der Waals surface area contributed by atoms with E-state index in [0.29, 0.717) is 16.6 Å². The highest BCUT2D eigenvalue weighted by Crippen LogP contribution is 2.35. The van der Waals surface area contributed by atoms with Crippen LogP contribution in [0.4, 0.5) is 13.2 Å². The van der Waals surface area contributed by atoms with Crippen LogP contribution in [0, 0.1) is 13.8 Å². The van der Waals surface area contributed by atoms with Crippen molar-refractivity contribution in [3.05, 3.63) is 41.2 Å². The van der Waals surface area contributed by atoms with Crippen molar-refractivity contribution in [2.45, 2.75) is 47.7 Å². The molecule has 0 unspecified atom stereocenters. The molecule has 20 heavy (non-hydrogen) atoms. The zero-order chi connectivity index (χ0) is 15.9. The van der Waals surface area contributed by atoms with Crippen molar-refractivity contribution in [2.24, 2.45) is 0 Å². The van der Waals surface area contributed by atoms with Gasteiger partial charge in [0.25, 0.3) is 0 Å². The summed E-state index contributed by atoms with van der Waals surface area (Å²) in [6, 6.07) is 4.30. The summed E-state index contributed by atoms with van der Waals surface area (Å²) in [4.78, 5) is 4.00. The molecule has 0 saturated carbocycles. The van der Waals surface area contributed by atoms with Gasteiger partial charge in [-0.05, 0) is 43.0 Å². The molecular formula is C16H22F3N. The molecule has 1 nitrogen and oxygen atoms in total. The molecule has 1 aromatic carbocycles. The molecule has 112 valence electrons. The number of pyridine rings is 1. The van der Waals surface area contributed by atoms with E-state index in [2.05, 4.69) is 4.98 Å². The van der Waals surface area contributed by atoms with Gasteiger partial charge in [-0.1, -0.05) is 27.7 Å². The number of aryl methyl sites for hydroxylation is 2. The quantitative estimate of drug-likeness (QED) is 0.585. The number of rotatable bonds is 0. The van der Waals surface area contributed by atoms with Crippen LogP contribution in [0.3, 0.4) is 0 Å². The maximum absolute atomic E-state index is 12.8. The summed E-state index contributed by atoms with van der Waals surface area (Å²) in [7, 11) is 0. The lowest BCUT2D eigenvalue weighted by Gasteiger charge is -2.12. The fourth-order valence-corrected chi connectivity index (χ4v) is 1.80. The number of benzene rings is 1. The van der Waals surface area contributed by atoms with Gasteiger partial charge in [-0.15, -0.1) is 0 Å². The van der Waals surface area contributed by atoms with E-state index in [1.54, 1.807) is 19.9 Å². The number of nitrogens with zero attached hydrogens (tertiary/aromatic N) is 1. The molecule has 0 saturated heterocycles. The predicted octanol–water partition coefficient (Wildman–Crippen LogP) is 5.92. The summed E-state index contributed by atoms with van der Waals surface area (Å²) in [5, 5.41) is 0.778. The van der Waals surface area contributed by atoms with Gasteiger partial charge in [0.1, 0.15) is 0 Å². The maximum atomic E-state index is 12.8. The topological polar surface area (TPSA) is 12.9 Å². The number of alkyl halides is 3. The van der Waals surface area contributed by atoms with Gasteiger partial charge in [-0.25, -0.2) is 0 Å². The number of halogens is 3. The van der Waals surface area contributed by atoms with Crippen LogP contribution in [0.15, 0.2) is 24.4 Å². The van der Waals surface area contributed by atoms with Crippen molar-refractivity contribution in [2.75, 3.05) is 0 Å². The molecule has 1 heterocycles. The van der Waals surface area contributed by atoms with Crippen LogP contribution in [0.2, 0.25) is 0 Å². The summed E-state index contributed by atoms with van der Waals surface area (Å²) < 4.78 is 38.4. The third kappa shape index (κ3) is 4.22. The molecule has 0 bridgehead atoms. The van der Waals surface area contributed by atoms with Gasteiger partial charge in [0.15, 0.2) is 0 Å². The van der Waals surface area contributed by atoms with Gasteiger partial charge in [-0.3, -0.25) is 4.98 Å². The Morgan fingerprint density at radius 3 is 1.95 bits per heavy atom. The summed E-state index contributed by atoms with van der Waals surface area (Å²) in [5.41, 5.74) is 0.621. The Bertz CT molecular complexity index is 545. The highest BCUT2D eigenvalue weighted by atomic mass is 19.4. The Morgan fingerprint density at radius 2 is 1.45 bits per heavy atom. The molecule has 0 radical (unpaired) electrons. The summed E-state index contributed by atoms with van der Waals surface area (Å²) in [6.45, 7) is 11.4. The van der Waals surface area contributed by atoms with Gasteiger partial charge in [0.2, 0.25) is 0 Å². The Hall–Kier alpha value is -1.58. The Balaban J connectivity index is 0.000000829. The van der Waals surface area contributed by atoms with Crippen molar-refractivity contribution in [1.82, 2.24) is 4.98 Å². The Morgan fingerprint density at radius 1 is 0.900 bits per heavy atom. The van der Waals surface area contributed by atoms with Crippen molar-refractivity contribution < 1.29 is 13.2 Å². The molecule has 0 amide bonds. The van der Waals surface area contributed by atoms with Gasteiger partial charge in [-0.2, -0.15) is 13.2 Å². The third-order valence-electron chi connectivity index (χ3n) is 2.53. The van der Waals surface area contributed by atoms with Crippen molar-refractivity contribution in [3.63, 3.8) is 0 Å². The minimum atomic E-state index is -4.32. The first-order chi connectivity index (χ1) is 9.39. The van der Waals surface area contributed by atoms with Gasteiger partial charge in [0.05, 0.1) is 5.56 Å². The first kappa shape index (κ1) is 18.4. The minimum Gasteiger partial charge on any atom is -0.261 e. The molecule has 0 atom stereocenters. The highest BCUT2D eigenvalue weighted by molar-refractivity contribution is 5.88. The van der Waals surface area contributed by atoms with Gasteiger partial charge >= 0.3 is 6.18 Å². The number of hydrogen-bond acceptors (Lipinski definition) is 1. The first-order valence-electron chi connectivity index (χ1n) is 6.83. The number of aromatic nitrogens is 1. The van der Waals surface area contributed by atoms with E-state index in [-0.39, 0.29) is 5.39 Å². The predicted molar refractivity (Wildman–Crippen MR) is 78.9 cm³/mol. The SMILES string of the molecule is CC.CC.Cc1cc(C(F)(F)F)c2ccnc(C)c2c1. The molecule has 0 aliphatic heterocycles. The smallest absolute Gasteiger partial charge is 0.261 e. The molecule has 2 aromatic rings. The Kier molecular flexibility index (Phi) is 7.25. The molecular weight excluding hydrogens is 263 g/mol. The first-order valence-corrected chi connectivity index (χ1v) is 6.83. The van der Waals surface area contributed by atoms with Crippen LogP contribution in [0.5, 0.6) is 0 Å². The fourth-order valence-electron chi connectivity index (χ4n) is 1.80. The molecule has 0 aliphatic rings.